The first-order chi connectivity index (χ1) is 10.3. The summed E-state index contributed by atoms with van der Waals surface area (Å²) in [7, 11) is 0. The Bertz CT molecular complexity index is 825. The van der Waals surface area contributed by atoms with Crippen LogP contribution in [-0.2, 0) is 6.42 Å². The van der Waals surface area contributed by atoms with E-state index in [-0.39, 0.29) is 17.2 Å². The lowest BCUT2D eigenvalue weighted by Gasteiger charge is -2.05. The number of nitrogens with one attached hydrogen (secondary N) is 2. The van der Waals surface area contributed by atoms with E-state index in [0.717, 1.165) is 0 Å². The number of fused-ring (bicyclic) bond motifs is 1. The zero-order chi connectivity index (χ0) is 14.7. The van der Waals surface area contributed by atoms with Gasteiger partial charge in [0.15, 0.2) is 12.0 Å². The van der Waals surface area contributed by atoms with Crippen molar-refractivity contribution >= 4 is 16.7 Å². The first kappa shape index (κ1) is 13.0. The number of H-pyrrole nitrogens is 1. The maximum absolute atomic E-state index is 12.1. The number of rotatable bonds is 4. The van der Waals surface area contributed by atoms with Gasteiger partial charge >= 0.3 is 0 Å². The quantitative estimate of drug-likeness (QED) is 0.711. The third-order valence-electron chi connectivity index (χ3n) is 2.94. The molecule has 0 saturated carbocycles. The van der Waals surface area contributed by atoms with Gasteiger partial charge < -0.3 is 9.84 Å². The predicted octanol–water partition coefficient (Wildman–Crippen LogP) is 0.279. The summed E-state index contributed by atoms with van der Waals surface area (Å²) in [4.78, 5) is 27.6. The predicted molar refractivity (Wildman–Crippen MR) is 72.7 cm³/mol. The molecule has 0 atom stereocenters. The third-order valence-corrected chi connectivity index (χ3v) is 2.94. The Labute approximate surface area is 118 Å². The highest BCUT2D eigenvalue weighted by molar-refractivity contribution is 6.04. The minimum absolute atomic E-state index is 0.177. The van der Waals surface area contributed by atoms with E-state index >= 15 is 0 Å². The van der Waals surface area contributed by atoms with E-state index in [4.69, 9.17) is 4.52 Å². The summed E-state index contributed by atoms with van der Waals surface area (Å²) in [5, 5.41) is 13.3. The van der Waals surface area contributed by atoms with Gasteiger partial charge in [0.1, 0.15) is 0 Å². The number of hydrogen-bond donors (Lipinski definition) is 2. The summed E-state index contributed by atoms with van der Waals surface area (Å²) < 4.78 is 4.83. The van der Waals surface area contributed by atoms with Crippen LogP contribution in [0.25, 0.3) is 10.8 Å². The SMILES string of the molecule is O=C(NCCc1ncno1)c1n[nH]c(=O)c2ccccc12. The van der Waals surface area contributed by atoms with Gasteiger partial charge in [0.2, 0.25) is 5.89 Å². The first-order valence-corrected chi connectivity index (χ1v) is 6.27. The first-order valence-electron chi connectivity index (χ1n) is 6.27. The fraction of sp³-hybridized carbons (Fsp3) is 0.154. The molecule has 21 heavy (non-hydrogen) atoms. The third kappa shape index (κ3) is 2.64. The Morgan fingerprint density at radius 1 is 1.29 bits per heavy atom. The Morgan fingerprint density at radius 3 is 2.86 bits per heavy atom. The minimum atomic E-state index is -0.373. The standard InChI is InChI=1S/C13H11N5O3/c19-12-9-4-2-1-3-8(9)11(17-18-12)13(20)14-6-5-10-15-7-16-21-10/h1-4,7H,5-6H2,(H,14,20)(H,18,19). The number of carbonyl (C=O) groups excluding carboxylic acids is 1. The van der Waals surface area contributed by atoms with Crippen molar-refractivity contribution in [3.8, 4) is 0 Å². The van der Waals surface area contributed by atoms with Crippen molar-refractivity contribution in [3.05, 3.63) is 52.5 Å². The topological polar surface area (TPSA) is 114 Å². The van der Waals surface area contributed by atoms with Gasteiger partial charge in [0.05, 0.1) is 5.39 Å². The number of hydrogen-bond acceptors (Lipinski definition) is 6. The van der Waals surface area contributed by atoms with E-state index in [0.29, 0.717) is 29.6 Å². The highest BCUT2D eigenvalue weighted by atomic mass is 16.5. The van der Waals surface area contributed by atoms with E-state index in [1.54, 1.807) is 24.3 Å². The molecule has 0 aliphatic heterocycles. The van der Waals surface area contributed by atoms with Crippen molar-refractivity contribution in [2.75, 3.05) is 6.54 Å². The number of aromatic nitrogens is 4. The van der Waals surface area contributed by atoms with Crippen LogP contribution in [0.5, 0.6) is 0 Å². The average molecular weight is 285 g/mol. The lowest BCUT2D eigenvalue weighted by molar-refractivity contribution is 0.0949. The van der Waals surface area contributed by atoms with E-state index in [2.05, 4.69) is 25.7 Å². The molecule has 0 aliphatic rings. The molecule has 8 heteroatoms. The number of carbonyl (C=O) groups is 1. The molecule has 3 aromatic rings. The maximum Gasteiger partial charge on any atom is 0.272 e. The number of benzene rings is 1. The number of nitrogens with zero attached hydrogens (tertiary/aromatic N) is 3. The van der Waals surface area contributed by atoms with Crippen LogP contribution >= 0.6 is 0 Å². The molecule has 0 aliphatic carbocycles. The second kappa shape index (κ2) is 5.53. The van der Waals surface area contributed by atoms with E-state index < -0.39 is 0 Å². The van der Waals surface area contributed by atoms with Crippen LogP contribution in [0, 0.1) is 0 Å². The van der Waals surface area contributed by atoms with Crippen molar-refractivity contribution < 1.29 is 9.32 Å². The zero-order valence-electron chi connectivity index (χ0n) is 10.9. The molecule has 8 nitrogen and oxygen atoms in total. The van der Waals surface area contributed by atoms with Crippen LogP contribution < -0.4 is 10.9 Å². The van der Waals surface area contributed by atoms with Crippen molar-refractivity contribution in [1.82, 2.24) is 25.7 Å². The smallest absolute Gasteiger partial charge is 0.272 e. The van der Waals surface area contributed by atoms with Gasteiger partial charge in [-0.15, -0.1) is 0 Å². The minimum Gasteiger partial charge on any atom is -0.350 e. The Kier molecular flexibility index (Phi) is 3.42. The summed E-state index contributed by atoms with van der Waals surface area (Å²) in [6, 6.07) is 6.81. The molecule has 106 valence electrons. The van der Waals surface area contributed by atoms with E-state index in [1.807, 2.05) is 0 Å². The number of amides is 1. The van der Waals surface area contributed by atoms with Crippen molar-refractivity contribution in [3.63, 3.8) is 0 Å². The summed E-state index contributed by atoms with van der Waals surface area (Å²) in [5.74, 6) is 0.0663. The lowest BCUT2D eigenvalue weighted by atomic mass is 10.1. The van der Waals surface area contributed by atoms with Gasteiger partial charge in [-0.2, -0.15) is 10.1 Å². The van der Waals surface area contributed by atoms with Gasteiger partial charge in [-0.3, -0.25) is 9.59 Å². The van der Waals surface area contributed by atoms with Crippen molar-refractivity contribution in [2.45, 2.75) is 6.42 Å². The van der Waals surface area contributed by atoms with Crippen LogP contribution in [0.2, 0.25) is 0 Å². The van der Waals surface area contributed by atoms with Crippen molar-refractivity contribution in [2.24, 2.45) is 0 Å². The summed E-state index contributed by atoms with van der Waals surface area (Å²) in [5.41, 5.74) is -0.149. The van der Waals surface area contributed by atoms with Crippen LogP contribution in [0.1, 0.15) is 16.4 Å². The fourth-order valence-corrected chi connectivity index (χ4v) is 1.96. The summed E-state index contributed by atoms with van der Waals surface area (Å²) >= 11 is 0. The molecule has 2 heterocycles. The van der Waals surface area contributed by atoms with E-state index in [9.17, 15) is 9.59 Å². The largest absolute Gasteiger partial charge is 0.350 e. The molecule has 0 bridgehead atoms. The monoisotopic (exact) mass is 285 g/mol. The summed E-state index contributed by atoms with van der Waals surface area (Å²) in [6.07, 6.45) is 1.72. The normalized spacial score (nSPS) is 10.7. The van der Waals surface area contributed by atoms with Gasteiger partial charge in [0, 0.05) is 18.4 Å². The van der Waals surface area contributed by atoms with Gasteiger partial charge in [-0.05, 0) is 6.07 Å². The Hall–Kier alpha value is -3.03. The van der Waals surface area contributed by atoms with Gasteiger partial charge in [0.25, 0.3) is 11.5 Å². The second-order valence-corrected chi connectivity index (χ2v) is 4.29. The van der Waals surface area contributed by atoms with Crippen LogP contribution in [0.15, 0.2) is 39.9 Å². The Balaban J connectivity index is 1.78. The molecule has 0 spiro atoms. The average Bonchev–Trinajstić information content (AvgIpc) is 3.01. The molecular weight excluding hydrogens is 274 g/mol. The Morgan fingerprint density at radius 2 is 2.10 bits per heavy atom. The molecule has 0 radical (unpaired) electrons. The molecule has 2 N–H and O–H groups in total. The summed E-state index contributed by atoms with van der Waals surface area (Å²) in [6.45, 7) is 0.330. The number of aromatic amines is 1. The highest BCUT2D eigenvalue weighted by Gasteiger charge is 2.13. The van der Waals surface area contributed by atoms with Crippen LogP contribution in [-0.4, -0.2) is 32.8 Å². The zero-order valence-corrected chi connectivity index (χ0v) is 10.9. The highest BCUT2D eigenvalue weighted by Crippen LogP contribution is 2.11. The van der Waals surface area contributed by atoms with E-state index in [1.165, 1.54) is 6.33 Å². The molecule has 1 aromatic carbocycles. The molecule has 2 aromatic heterocycles. The molecule has 3 rings (SSSR count). The molecule has 0 unspecified atom stereocenters. The van der Waals surface area contributed by atoms with Crippen molar-refractivity contribution in [1.29, 1.82) is 0 Å². The lowest BCUT2D eigenvalue weighted by Crippen LogP contribution is -2.28. The van der Waals surface area contributed by atoms with Crippen LogP contribution in [0.4, 0.5) is 0 Å². The molecule has 0 saturated heterocycles. The second-order valence-electron chi connectivity index (χ2n) is 4.29. The molecule has 0 fully saturated rings. The van der Waals surface area contributed by atoms with Gasteiger partial charge in [-0.1, -0.05) is 23.4 Å². The molecule has 1 amide bonds. The maximum atomic E-state index is 12.1. The fourth-order valence-electron chi connectivity index (χ4n) is 1.96. The van der Waals surface area contributed by atoms with Crippen LogP contribution in [0.3, 0.4) is 0 Å². The molecular formula is C13H11N5O3. The van der Waals surface area contributed by atoms with Gasteiger partial charge in [-0.25, -0.2) is 5.10 Å².